The summed E-state index contributed by atoms with van der Waals surface area (Å²) < 4.78 is 77.2. The maximum atomic E-state index is 11.6. The van der Waals surface area contributed by atoms with Crippen LogP contribution in [0.25, 0.3) is 21.5 Å². The summed E-state index contributed by atoms with van der Waals surface area (Å²) in [6.45, 7) is 1.01. The normalized spacial score (nSPS) is 11.6. The summed E-state index contributed by atoms with van der Waals surface area (Å²) in [6.07, 6.45) is 5.77. The van der Waals surface area contributed by atoms with Crippen molar-refractivity contribution in [3.05, 3.63) is 72.8 Å². The summed E-state index contributed by atoms with van der Waals surface area (Å²) in [7, 11) is -8.63. The van der Waals surface area contributed by atoms with E-state index >= 15 is 0 Å². The van der Waals surface area contributed by atoms with Gasteiger partial charge in [-0.3, -0.25) is 9.11 Å². The summed E-state index contributed by atoms with van der Waals surface area (Å²) in [5.74, 6) is 1.17. The quantitative estimate of drug-likeness (QED) is 0.128. The summed E-state index contributed by atoms with van der Waals surface area (Å²) >= 11 is 0. The topological polar surface area (TPSA) is 127 Å². The van der Waals surface area contributed by atoms with Gasteiger partial charge in [0.05, 0.1) is 13.2 Å². The standard InChI is InChI=1S/C28H30O8S2.2Na.2H/c29-37(30,31)27-17-15-25(21-11-5-7-13-23(21)27)35-19-9-3-1-2-4-10-20-36-26-16-18-28(38(32,33)34)24-14-8-6-12-22(24)26;;;;/h5-8,11-18H,1-4,9-10,19-20H2,(H,29,30,31)(H,32,33,34);;;;/q;2*+1;2*-1. The molecule has 206 valence electrons. The van der Waals surface area contributed by atoms with Crippen LogP contribution in [-0.2, 0) is 20.2 Å². The number of ether oxygens (including phenoxy) is 2. The summed E-state index contributed by atoms with van der Waals surface area (Å²) in [6, 6.07) is 19.7. The zero-order valence-electron chi connectivity index (χ0n) is 24.7. The van der Waals surface area contributed by atoms with Gasteiger partial charge in [-0.15, -0.1) is 0 Å². The molecule has 12 heteroatoms. The van der Waals surface area contributed by atoms with Crippen LogP contribution in [0, 0.1) is 0 Å². The Balaban J connectivity index is 0.00000420. The fourth-order valence-electron chi connectivity index (χ4n) is 4.46. The zero-order valence-corrected chi connectivity index (χ0v) is 28.4. The molecule has 2 N–H and O–H groups in total. The fraction of sp³-hybridized carbons (Fsp3) is 0.286. The molecule has 40 heavy (non-hydrogen) atoms. The van der Waals surface area contributed by atoms with Gasteiger partial charge in [0, 0.05) is 21.5 Å². The molecular weight excluding hydrogens is 574 g/mol. The van der Waals surface area contributed by atoms with Gasteiger partial charge in [0.25, 0.3) is 20.2 Å². The van der Waals surface area contributed by atoms with Gasteiger partial charge >= 0.3 is 59.1 Å². The molecule has 0 aliphatic heterocycles. The Morgan fingerprint density at radius 2 is 0.825 bits per heavy atom. The molecule has 0 saturated carbocycles. The molecule has 4 aromatic rings. The first-order valence-electron chi connectivity index (χ1n) is 12.4. The van der Waals surface area contributed by atoms with Crippen molar-refractivity contribution in [2.24, 2.45) is 0 Å². The first kappa shape index (κ1) is 35.0. The van der Waals surface area contributed by atoms with Gasteiger partial charge in [-0.2, -0.15) is 16.8 Å². The molecule has 0 saturated heterocycles. The van der Waals surface area contributed by atoms with Gasteiger partial charge < -0.3 is 12.3 Å². The third-order valence-electron chi connectivity index (χ3n) is 6.30. The van der Waals surface area contributed by atoms with Crippen molar-refractivity contribution in [2.45, 2.75) is 48.3 Å². The average molecular weight is 607 g/mol. The fourth-order valence-corrected chi connectivity index (χ4v) is 5.86. The predicted octanol–water partition coefficient (Wildman–Crippen LogP) is 0.518. The summed E-state index contributed by atoms with van der Waals surface area (Å²) in [5.41, 5.74) is 0. The van der Waals surface area contributed by atoms with Crippen LogP contribution in [0.5, 0.6) is 11.5 Å². The maximum Gasteiger partial charge on any atom is 1.00 e. The van der Waals surface area contributed by atoms with E-state index in [4.69, 9.17) is 9.47 Å². The number of hydrogen-bond acceptors (Lipinski definition) is 6. The minimum atomic E-state index is -4.32. The third-order valence-corrected chi connectivity index (χ3v) is 8.12. The van der Waals surface area contributed by atoms with Gasteiger partial charge in [0.2, 0.25) is 0 Å². The van der Waals surface area contributed by atoms with E-state index in [0.29, 0.717) is 46.3 Å². The van der Waals surface area contributed by atoms with E-state index in [-0.39, 0.29) is 71.8 Å². The maximum absolute atomic E-state index is 11.6. The van der Waals surface area contributed by atoms with E-state index < -0.39 is 20.2 Å². The van der Waals surface area contributed by atoms with E-state index in [2.05, 4.69) is 0 Å². The van der Waals surface area contributed by atoms with Crippen molar-refractivity contribution in [1.82, 2.24) is 0 Å². The molecular formula is C28H32Na2O8S2. The van der Waals surface area contributed by atoms with Gasteiger partial charge in [-0.05, 0) is 37.1 Å². The van der Waals surface area contributed by atoms with E-state index in [0.717, 1.165) is 38.5 Å². The molecule has 0 aliphatic rings. The molecule has 0 radical (unpaired) electrons. The van der Waals surface area contributed by atoms with Crippen LogP contribution in [-0.4, -0.2) is 39.2 Å². The molecule has 0 aromatic heterocycles. The number of rotatable bonds is 13. The molecule has 0 bridgehead atoms. The zero-order chi connectivity index (χ0) is 27.2. The van der Waals surface area contributed by atoms with E-state index in [1.165, 1.54) is 12.1 Å². The third kappa shape index (κ3) is 9.16. The molecule has 0 fully saturated rings. The second-order valence-electron chi connectivity index (χ2n) is 8.98. The minimum absolute atomic E-state index is 0. The van der Waals surface area contributed by atoms with Crippen molar-refractivity contribution < 1.29 is 97.4 Å². The van der Waals surface area contributed by atoms with Gasteiger partial charge in [0.1, 0.15) is 21.3 Å². The SMILES string of the molecule is O=S(=O)(O)c1ccc(OCCCCCCCCOc2ccc(S(=O)(=O)O)c3ccccc23)c2ccccc12.[H-].[H-].[Na+].[Na+]. The monoisotopic (exact) mass is 606 g/mol. The van der Waals surface area contributed by atoms with E-state index in [9.17, 15) is 25.9 Å². The number of unbranched alkanes of at least 4 members (excludes halogenated alkanes) is 5. The number of benzene rings is 4. The Bertz CT molecular complexity index is 1530. The molecule has 0 atom stereocenters. The number of fused-ring (bicyclic) bond motifs is 2. The van der Waals surface area contributed by atoms with Crippen molar-refractivity contribution in [3.8, 4) is 11.5 Å². The van der Waals surface area contributed by atoms with Gasteiger partial charge in [-0.1, -0.05) is 74.2 Å². The van der Waals surface area contributed by atoms with Crippen molar-refractivity contribution in [1.29, 1.82) is 0 Å². The molecule has 8 nitrogen and oxygen atoms in total. The van der Waals surface area contributed by atoms with Crippen LogP contribution >= 0.6 is 0 Å². The Kier molecular flexibility index (Phi) is 13.9. The first-order valence-corrected chi connectivity index (χ1v) is 15.3. The largest absolute Gasteiger partial charge is 1.00 e. The van der Waals surface area contributed by atoms with Crippen molar-refractivity contribution in [3.63, 3.8) is 0 Å². The second kappa shape index (κ2) is 15.9. The van der Waals surface area contributed by atoms with Crippen molar-refractivity contribution in [2.75, 3.05) is 13.2 Å². The van der Waals surface area contributed by atoms with E-state index in [1.54, 1.807) is 60.7 Å². The summed E-state index contributed by atoms with van der Waals surface area (Å²) in [4.78, 5) is -0.263. The average Bonchev–Trinajstić information content (AvgIpc) is 2.88. The molecule has 4 aromatic carbocycles. The minimum Gasteiger partial charge on any atom is -1.00 e. The Morgan fingerprint density at radius 3 is 1.18 bits per heavy atom. The van der Waals surface area contributed by atoms with Crippen LogP contribution in [0.15, 0.2) is 82.6 Å². The molecule has 4 rings (SSSR count). The van der Waals surface area contributed by atoms with Gasteiger partial charge in [0.15, 0.2) is 0 Å². The molecule has 0 aliphatic carbocycles. The predicted molar refractivity (Wildman–Crippen MR) is 148 cm³/mol. The number of hydrogen-bond donors (Lipinski definition) is 2. The Labute approximate surface area is 282 Å². The van der Waals surface area contributed by atoms with Crippen LogP contribution in [0.4, 0.5) is 0 Å². The summed E-state index contributed by atoms with van der Waals surface area (Å²) in [5, 5.41) is 2.14. The van der Waals surface area contributed by atoms with Crippen LogP contribution in [0.1, 0.15) is 41.4 Å². The molecule has 0 unspecified atom stereocenters. The van der Waals surface area contributed by atoms with E-state index in [1.807, 2.05) is 0 Å². The van der Waals surface area contributed by atoms with Gasteiger partial charge in [-0.25, -0.2) is 0 Å². The van der Waals surface area contributed by atoms with Crippen molar-refractivity contribution >= 4 is 41.8 Å². The smallest absolute Gasteiger partial charge is 1.00 e. The Morgan fingerprint density at radius 1 is 0.500 bits per heavy atom. The molecule has 0 heterocycles. The Hall–Kier alpha value is -1.18. The second-order valence-corrected chi connectivity index (χ2v) is 11.8. The van der Waals surface area contributed by atoms with Crippen LogP contribution in [0.3, 0.4) is 0 Å². The van der Waals surface area contributed by atoms with Crippen LogP contribution < -0.4 is 68.6 Å². The van der Waals surface area contributed by atoms with Crippen LogP contribution in [0.2, 0.25) is 0 Å². The molecule has 0 spiro atoms. The first-order chi connectivity index (χ1) is 18.2. The molecule has 0 amide bonds.